The Labute approximate surface area is 102 Å². The van der Waals surface area contributed by atoms with Crippen LogP contribution in [0.5, 0.6) is 5.75 Å². The van der Waals surface area contributed by atoms with Crippen molar-refractivity contribution in [2.75, 3.05) is 0 Å². The number of hydrogen-bond acceptors (Lipinski definition) is 2. The molecule has 3 nitrogen and oxygen atoms in total. The van der Waals surface area contributed by atoms with Crippen LogP contribution in [0.2, 0.25) is 0 Å². The Hall–Kier alpha value is -1.51. The number of ether oxygens (including phenoxy) is 1. The van der Waals surface area contributed by atoms with Gasteiger partial charge in [-0.2, -0.15) is 0 Å². The topological polar surface area (TPSA) is 38.3 Å². The van der Waals surface area contributed by atoms with Gasteiger partial charge in [0, 0.05) is 6.04 Å². The largest absolute Gasteiger partial charge is 0.480 e. The monoisotopic (exact) mass is 233 g/mol. The van der Waals surface area contributed by atoms with E-state index < -0.39 is 0 Å². The van der Waals surface area contributed by atoms with Crippen molar-refractivity contribution in [1.29, 1.82) is 0 Å². The molecule has 0 saturated heterocycles. The van der Waals surface area contributed by atoms with Crippen molar-refractivity contribution in [3.63, 3.8) is 0 Å². The molecular weight excluding hydrogens is 214 g/mol. The smallest absolute Gasteiger partial charge is 0.261 e. The minimum atomic E-state index is -0.378. The van der Waals surface area contributed by atoms with E-state index in [1.165, 1.54) is 0 Å². The number of nitrogens with one attached hydrogen (secondary N) is 1. The summed E-state index contributed by atoms with van der Waals surface area (Å²) >= 11 is 0. The normalized spacial score (nSPS) is 16.4. The Bertz CT molecular complexity index is 399. The Kier molecular flexibility index (Phi) is 3.67. The summed E-state index contributed by atoms with van der Waals surface area (Å²) in [5, 5.41) is 2.98. The summed E-state index contributed by atoms with van der Waals surface area (Å²) in [6, 6.07) is 8.17. The Morgan fingerprint density at radius 3 is 2.76 bits per heavy atom. The average molecular weight is 233 g/mol. The van der Waals surface area contributed by atoms with Crippen LogP contribution in [-0.2, 0) is 4.79 Å². The molecule has 3 heteroatoms. The third-order valence-electron chi connectivity index (χ3n) is 2.95. The molecule has 1 aromatic carbocycles. The molecule has 1 amide bonds. The van der Waals surface area contributed by atoms with Gasteiger partial charge in [-0.15, -0.1) is 0 Å². The molecule has 0 spiro atoms. The summed E-state index contributed by atoms with van der Waals surface area (Å²) in [5.74, 6) is 0.809. The van der Waals surface area contributed by atoms with Crippen LogP contribution in [0.25, 0.3) is 0 Å². The zero-order valence-corrected chi connectivity index (χ0v) is 10.4. The van der Waals surface area contributed by atoms with Gasteiger partial charge < -0.3 is 10.1 Å². The number of carbonyl (C=O) groups is 1. The SMILES string of the molecule is CCC(Oc1ccccc1C)C(=O)NC1CC1. The van der Waals surface area contributed by atoms with Gasteiger partial charge in [0.1, 0.15) is 5.75 Å². The molecule has 1 aliphatic rings. The van der Waals surface area contributed by atoms with E-state index >= 15 is 0 Å². The van der Waals surface area contributed by atoms with Gasteiger partial charge in [0.25, 0.3) is 5.91 Å². The predicted octanol–water partition coefficient (Wildman–Crippen LogP) is 2.43. The van der Waals surface area contributed by atoms with Gasteiger partial charge in [-0.25, -0.2) is 0 Å². The number of amides is 1. The van der Waals surface area contributed by atoms with Crippen LogP contribution in [0.4, 0.5) is 0 Å². The standard InChI is InChI=1S/C14H19NO2/c1-3-12(14(16)15-11-8-9-11)17-13-7-5-4-6-10(13)2/h4-7,11-12H,3,8-9H2,1-2H3,(H,15,16). The van der Waals surface area contributed by atoms with Crippen LogP contribution >= 0.6 is 0 Å². The second-order valence-corrected chi connectivity index (χ2v) is 4.56. The number of rotatable bonds is 5. The van der Waals surface area contributed by atoms with Gasteiger partial charge in [0.15, 0.2) is 6.10 Å². The maximum absolute atomic E-state index is 11.9. The number of benzene rings is 1. The minimum absolute atomic E-state index is 0.0123. The lowest BCUT2D eigenvalue weighted by molar-refractivity contribution is -0.128. The highest BCUT2D eigenvalue weighted by atomic mass is 16.5. The zero-order chi connectivity index (χ0) is 12.3. The molecular formula is C14H19NO2. The number of para-hydroxylation sites is 1. The Morgan fingerprint density at radius 2 is 2.18 bits per heavy atom. The lowest BCUT2D eigenvalue weighted by Gasteiger charge is -2.18. The van der Waals surface area contributed by atoms with Crippen molar-refractivity contribution in [2.45, 2.75) is 45.3 Å². The molecule has 2 rings (SSSR count). The molecule has 0 bridgehead atoms. The Morgan fingerprint density at radius 1 is 1.47 bits per heavy atom. The van der Waals surface area contributed by atoms with Crippen LogP contribution in [0.1, 0.15) is 31.7 Å². The van der Waals surface area contributed by atoms with Crippen LogP contribution in [0, 0.1) is 6.92 Å². The summed E-state index contributed by atoms with van der Waals surface area (Å²) < 4.78 is 5.77. The van der Waals surface area contributed by atoms with E-state index in [1.54, 1.807) is 0 Å². The van der Waals surface area contributed by atoms with Crippen molar-refractivity contribution >= 4 is 5.91 Å². The molecule has 1 aromatic rings. The van der Waals surface area contributed by atoms with Crippen molar-refractivity contribution in [3.8, 4) is 5.75 Å². The summed E-state index contributed by atoms with van der Waals surface area (Å²) in [6.45, 7) is 3.95. The molecule has 0 aromatic heterocycles. The highest BCUT2D eigenvalue weighted by molar-refractivity contribution is 5.81. The first-order valence-corrected chi connectivity index (χ1v) is 6.23. The van der Waals surface area contributed by atoms with Gasteiger partial charge >= 0.3 is 0 Å². The first-order valence-electron chi connectivity index (χ1n) is 6.23. The van der Waals surface area contributed by atoms with E-state index in [0.717, 1.165) is 24.2 Å². The lowest BCUT2D eigenvalue weighted by Crippen LogP contribution is -2.39. The highest BCUT2D eigenvalue weighted by Gasteiger charge is 2.27. The number of carbonyl (C=O) groups excluding carboxylic acids is 1. The second-order valence-electron chi connectivity index (χ2n) is 4.56. The number of hydrogen-bond donors (Lipinski definition) is 1. The van der Waals surface area contributed by atoms with Crippen LogP contribution in [0.3, 0.4) is 0 Å². The first kappa shape index (κ1) is 12.0. The third kappa shape index (κ3) is 3.22. The molecule has 0 heterocycles. The van der Waals surface area contributed by atoms with E-state index in [0.29, 0.717) is 12.5 Å². The molecule has 1 saturated carbocycles. The molecule has 0 radical (unpaired) electrons. The Balaban J connectivity index is 1.98. The van der Waals surface area contributed by atoms with Crippen LogP contribution < -0.4 is 10.1 Å². The lowest BCUT2D eigenvalue weighted by atomic mass is 10.2. The molecule has 0 aliphatic heterocycles. The molecule has 92 valence electrons. The van der Waals surface area contributed by atoms with Crippen molar-refractivity contribution in [2.24, 2.45) is 0 Å². The third-order valence-corrected chi connectivity index (χ3v) is 2.95. The fourth-order valence-corrected chi connectivity index (χ4v) is 1.69. The van der Waals surface area contributed by atoms with E-state index in [4.69, 9.17) is 4.74 Å². The van der Waals surface area contributed by atoms with E-state index in [1.807, 2.05) is 38.1 Å². The van der Waals surface area contributed by atoms with E-state index in [9.17, 15) is 4.79 Å². The summed E-state index contributed by atoms with van der Waals surface area (Å²) in [5.41, 5.74) is 1.06. The molecule has 17 heavy (non-hydrogen) atoms. The van der Waals surface area contributed by atoms with Crippen molar-refractivity contribution < 1.29 is 9.53 Å². The molecule has 1 N–H and O–H groups in total. The van der Waals surface area contributed by atoms with Crippen molar-refractivity contribution in [1.82, 2.24) is 5.32 Å². The molecule has 1 fully saturated rings. The summed E-state index contributed by atoms with van der Waals surface area (Å²) in [7, 11) is 0. The van der Waals surface area contributed by atoms with E-state index in [2.05, 4.69) is 5.32 Å². The fourth-order valence-electron chi connectivity index (χ4n) is 1.69. The first-order chi connectivity index (χ1) is 8.20. The predicted molar refractivity (Wildman–Crippen MR) is 67.1 cm³/mol. The van der Waals surface area contributed by atoms with Gasteiger partial charge in [-0.3, -0.25) is 4.79 Å². The van der Waals surface area contributed by atoms with Crippen LogP contribution in [-0.4, -0.2) is 18.1 Å². The summed E-state index contributed by atoms with van der Waals surface area (Å²) in [4.78, 5) is 11.9. The molecule has 1 atom stereocenters. The fraction of sp³-hybridized carbons (Fsp3) is 0.500. The molecule has 1 unspecified atom stereocenters. The van der Waals surface area contributed by atoms with Crippen LogP contribution in [0.15, 0.2) is 24.3 Å². The average Bonchev–Trinajstić information content (AvgIpc) is 3.11. The van der Waals surface area contributed by atoms with E-state index in [-0.39, 0.29) is 12.0 Å². The van der Waals surface area contributed by atoms with Gasteiger partial charge in [0.2, 0.25) is 0 Å². The van der Waals surface area contributed by atoms with Gasteiger partial charge in [0.05, 0.1) is 0 Å². The maximum Gasteiger partial charge on any atom is 0.261 e. The molecule has 1 aliphatic carbocycles. The van der Waals surface area contributed by atoms with Gasteiger partial charge in [-0.05, 0) is 37.8 Å². The minimum Gasteiger partial charge on any atom is -0.480 e. The second kappa shape index (κ2) is 5.21. The van der Waals surface area contributed by atoms with Gasteiger partial charge in [-0.1, -0.05) is 25.1 Å². The zero-order valence-electron chi connectivity index (χ0n) is 10.4. The highest BCUT2D eigenvalue weighted by Crippen LogP contribution is 2.21. The summed E-state index contributed by atoms with van der Waals surface area (Å²) in [6.07, 6.45) is 2.52. The quantitative estimate of drug-likeness (QED) is 0.848. The maximum atomic E-state index is 11.9. The number of aryl methyl sites for hydroxylation is 1. The van der Waals surface area contributed by atoms with Crippen molar-refractivity contribution in [3.05, 3.63) is 29.8 Å².